The van der Waals surface area contributed by atoms with Crippen LogP contribution in [0.3, 0.4) is 0 Å². The van der Waals surface area contributed by atoms with Crippen LogP contribution in [-0.4, -0.2) is 38.0 Å². The molecular formula is C14H17ClFNO. The second-order valence-electron chi connectivity index (χ2n) is 4.12. The van der Waals surface area contributed by atoms with E-state index >= 15 is 0 Å². The van der Waals surface area contributed by atoms with Crippen LogP contribution in [0.2, 0.25) is 0 Å². The average Bonchev–Trinajstić information content (AvgIpc) is 2.31. The summed E-state index contributed by atoms with van der Waals surface area (Å²) in [4.78, 5) is 2.08. The zero-order valence-corrected chi connectivity index (χ0v) is 11.4. The molecule has 0 bridgehead atoms. The van der Waals surface area contributed by atoms with Crippen molar-refractivity contribution in [1.82, 2.24) is 4.90 Å². The van der Waals surface area contributed by atoms with Crippen LogP contribution in [0.1, 0.15) is 12.0 Å². The van der Waals surface area contributed by atoms with Gasteiger partial charge in [-0.25, -0.2) is 4.39 Å². The molecule has 0 heterocycles. The number of ether oxygens (including phenoxy) is 1. The molecule has 0 N–H and O–H groups in total. The zero-order valence-electron chi connectivity index (χ0n) is 10.7. The lowest BCUT2D eigenvalue weighted by molar-refractivity contribution is 0.280. The van der Waals surface area contributed by atoms with Gasteiger partial charge in [0.1, 0.15) is 11.6 Å². The van der Waals surface area contributed by atoms with Crippen molar-refractivity contribution in [3.8, 4) is 17.6 Å². The summed E-state index contributed by atoms with van der Waals surface area (Å²) in [5, 5.41) is 0. The van der Waals surface area contributed by atoms with Crippen molar-refractivity contribution in [3.63, 3.8) is 0 Å². The molecule has 1 aromatic rings. The van der Waals surface area contributed by atoms with E-state index in [1.807, 2.05) is 14.1 Å². The van der Waals surface area contributed by atoms with Gasteiger partial charge in [0.15, 0.2) is 0 Å². The molecule has 0 unspecified atom stereocenters. The number of benzene rings is 1. The third-order valence-electron chi connectivity index (χ3n) is 2.19. The monoisotopic (exact) mass is 269 g/mol. The molecule has 0 aliphatic rings. The topological polar surface area (TPSA) is 12.5 Å². The number of hydrogen-bond acceptors (Lipinski definition) is 2. The fourth-order valence-electron chi connectivity index (χ4n) is 1.42. The van der Waals surface area contributed by atoms with Gasteiger partial charge in [-0.1, -0.05) is 11.8 Å². The Bertz CT molecular complexity index is 437. The van der Waals surface area contributed by atoms with Gasteiger partial charge in [-0.15, -0.1) is 11.6 Å². The van der Waals surface area contributed by atoms with E-state index in [2.05, 4.69) is 16.7 Å². The van der Waals surface area contributed by atoms with Gasteiger partial charge in [0.25, 0.3) is 0 Å². The largest absolute Gasteiger partial charge is 0.493 e. The Kier molecular flexibility index (Phi) is 6.56. The summed E-state index contributed by atoms with van der Waals surface area (Å²) in [5.74, 6) is 5.85. The standard InChI is InChI=1S/C14H17ClFNO/c1-17(2)7-4-8-18-14-10-12(5-3-6-15)9-13(16)11-14/h9-11H,4,6-8H2,1-2H3. The first kappa shape index (κ1) is 14.8. The molecule has 0 aromatic heterocycles. The predicted octanol–water partition coefficient (Wildman–Crippen LogP) is 2.75. The molecule has 0 aliphatic carbocycles. The van der Waals surface area contributed by atoms with E-state index in [1.165, 1.54) is 12.1 Å². The van der Waals surface area contributed by atoms with Gasteiger partial charge in [0, 0.05) is 18.2 Å². The Balaban J connectivity index is 2.57. The third kappa shape index (κ3) is 5.90. The van der Waals surface area contributed by atoms with E-state index in [1.54, 1.807) is 6.07 Å². The summed E-state index contributed by atoms with van der Waals surface area (Å²) in [6.07, 6.45) is 0.895. The highest BCUT2D eigenvalue weighted by Crippen LogP contribution is 2.16. The lowest BCUT2D eigenvalue weighted by Gasteiger charge is -2.10. The molecule has 1 aromatic carbocycles. The fraction of sp³-hybridized carbons (Fsp3) is 0.429. The number of halogens is 2. The Morgan fingerprint density at radius 2 is 2.11 bits per heavy atom. The van der Waals surface area contributed by atoms with Crippen LogP contribution in [0.4, 0.5) is 4.39 Å². The van der Waals surface area contributed by atoms with Gasteiger partial charge in [-0.2, -0.15) is 0 Å². The van der Waals surface area contributed by atoms with Crippen molar-refractivity contribution in [2.75, 3.05) is 33.1 Å². The number of rotatable bonds is 5. The van der Waals surface area contributed by atoms with Gasteiger partial charge in [0.2, 0.25) is 0 Å². The third-order valence-corrected chi connectivity index (χ3v) is 2.32. The van der Waals surface area contributed by atoms with Crippen molar-refractivity contribution in [2.45, 2.75) is 6.42 Å². The fourth-order valence-corrected chi connectivity index (χ4v) is 1.49. The normalized spacial score (nSPS) is 10.1. The van der Waals surface area contributed by atoms with Crippen LogP contribution in [0.5, 0.6) is 5.75 Å². The van der Waals surface area contributed by atoms with E-state index in [0.717, 1.165) is 13.0 Å². The molecule has 2 nitrogen and oxygen atoms in total. The quantitative estimate of drug-likeness (QED) is 0.463. The summed E-state index contributed by atoms with van der Waals surface area (Å²) >= 11 is 5.46. The highest BCUT2D eigenvalue weighted by molar-refractivity contribution is 6.19. The smallest absolute Gasteiger partial charge is 0.128 e. The first-order chi connectivity index (χ1) is 8.61. The van der Waals surface area contributed by atoms with E-state index in [0.29, 0.717) is 17.9 Å². The van der Waals surface area contributed by atoms with Crippen molar-refractivity contribution in [1.29, 1.82) is 0 Å². The molecular weight excluding hydrogens is 253 g/mol. The van der Waals surface area contributed by atoms with Gasteiger partial charge >= 0.3 is 0 Å². The van der Waals surface area contributed by atoms with Crippen molar-refractivity contribution < 1.29 is 9.13 Å². The summed E-state index contributed by atoms with van der Waals surface area (Å²) in [6.45, 7) is 1.50. The molecule has 0 atom stereocenters. The maximum absolute atomic E-state index is 13.3. The highest BCUT2D eigenvalue weighted by atomic mass is 35.5. The molecule has 0 spiro atoms. The highest BCUT2D eigenvalue weighted by Gasteiger charge is 2.00. The average molecular weight is 270 g/mol. The summed E-state index contributed by atoms with van der Waals surface area (Å²) in [5.41, 5.74) is 0.582. The van der Waals surface area contributed by atoms with Gasteiger partial charge in [-0.3, -0.25) is 0 Å². The van der Waals surface area contributed by atoms with Crippen LogP contribution in [0.15, 0.2) is 18.2 Å². The van der Waals surface area contributed by atoms with Crippen LogP contribution >= 0.6 is 11.6 Å². The minimum atomic E-state index is -0.348. The lowest BCUT2D eigenvalue weighted by atomic mass is 10.2. The van der Waals surface area contributed by atoms with Gasteiger partial charge in [-0.05, 0) is 32.6 Å². The summed E-state index contributed by atoms with van der Waals surface area (Å²) < 4.78 is 18.8. The number of alkyl halides is 1. The molecule has 0 aliphatic heterocycles. The van der Waals surface area contributed by atoms with E-state index in [4.69, 9.17) is 16.3 Å². The molecule has 0 saturated carbocycles. The number of nitrogens with zero attached hydrogens (tertiary/aromatic N) is 1. The molecule has 1 rings (SSSR count). The van der Waals surface area contributed by atoms with E-state index in [9.17, 15) is 4.39 Å². The zero-order chi connectivity index (χ0) is 13.4. The molecule has 18 heavy (non-hydrogen) atoms. The van der Waals surface area contributed by atoms with E-state index < -0.39 is 0 Å². The molecule has 4 heteroatoms. The summed E-state index contributed by atoms with van der Waals surface area (Å²) in [6, 6.07) is 4.45. The Hall–Kier alpha value is -1.24. The predicted molar refractivity (Wildman–Crippen MR) is 72.7 cm³/mol. The minimum absolute atomic E-state index is 0.232. The summed E-state index contributed by atoms with van der Waals surface area (Å²) in [7, 11) is 4.00. The van der Waals surface area contributed by atoms with Crippen molar-refractivity contribution >= 4 is 11.6 Å². The first-order valence-electron chi connectivity index (χ1n) is 5.75. The maximum atomic E-state index is 13.3. The second-order valence-corrected chi connectivity index (χ2v) is 4.38. The minimum Gasteiger partial charge on any atom is -0.493 e. The Labute approximate surface area is 113 Å². The Morgan fingerprint density at radius 1 is 1.33 bits per heavy atom. The SMILES string of the molecule is CN(C)CCCOc1cc(F)cc(C#CCCl)c1. The molecule has 0 radical (unpaired) electrons. The van der Waals surface area contributed by atoms with Gasteiger partial charge in [0.05, 0.1) is 12.5 Å². The Morgan fingerprint density at radius 3 is 2.78 bits per heavy atom. The van der Waals surface area contributed by atoms with Crippen LogP contribution < -0.4 is 4.74 Å². The van der Waals surface area contributed by atoms with E-state index in [-0.39, 0.29) is 11.7 Å². The van der Waals surface area contributed by atoms with Crippen LogP contribution in [0.25, 0.3) is 0 Å². The van der Waals surface area contributed by atoms with Crippen LogP contribution in [-0.2, 0) is 0 Å². The van der Waals surface area contributed by atoms with Crippen molar-refractivity contribution in [2.24, 2.45) is 0 Å². The number of hydrogen-bond donors (Lipinski definition) is 0. The first-order valence-corrected chi connectivity index (χ1v) is 6.28. The van der Waals surface area contributed by atoms with Crippen LogP contribution in [0, 0.1) is 17.7 Å². The second kappa shape index (κ2) is 7.97. The molecule has 0 amide bonds. The molecule has 98 valence electrons. The molecule has 0 saturated heterocycles. The van der Waals surface area contributed by atoms with Crippen molar-refractivity contribution in [3.05, 3.63) is 29.6 Å². The lowest BCUT2D eigenvalue weighted by Crippen LogP contribution is -2.15. The molecule has 0 fully saturated rings. The maximum Gasteiger partial charge on any atom is 0.128 e. The van der Waals surface area contributed by atoms with Gasteiger partial charge < -0.3 is 9.64 Å².